The Morgan fingerprint density at radius 1 is 1.35 bits per heavy atom. The van der Waals surface area contributed by atoms with Gasteiger partial charge in [0.15, 0.2) is 0 Å². The number of nitrogens with one attached hydrogen (secondary N) is 1. The van der Waals surface area contributed by atoms with Crippen molar-refractivity contribution in [1.29, 1.82) is 0 Å². The number of aromatic nitrogens is 1. The minimum atomic E-state index is -0.253. The van der Waals surface area contributed by atoms with Gasteiger partial charge in [-0.05, 0) is 18.9 Å². The van der Waals surface area contributed by atoms with Gasteiger partial charge in [-0.15, -0.1) is 11.3 Å². The van der Waals surface area contributed by atoms with Crippen LogP contribution in [0.25, 0.3) is 0 Å². The molecule has 4 nitrogen and oxygen atoms in total. The first kappa shape index (κ1) is 14.7. The molecule has 20 heavy (non-hydrogen) atoms. The molecule has 106 valence electrons. The Kier molecular flexibility index (Phi) is 5.26. The van der Waals surface area contributed by atoms with E-state index in [0.717, 1.165) is 17.8 Å². The normalized spacial score (nSPS) is 12.1. The van der Waals surface area contributed by atoms with Gasteiger partial charge in [-0.25, -0.2) is 4.98 Å². The van der Waals surface area contributed by atoms with Crippen molar-refractivity contribution >= 4 is 17.2 Å². The van der Waals surface area contributed by atoms with E-state index in [-0.39, 0.29) is 18.6 Å². The van der Waals surface area contributed by atoms with Gasteiger partial charge < -0.3 is 10.4 Å². The summed E-state index contributed by atoms with van der Waals surface area (Å²) < 4.78 is 0. The van der Waals surface area contributed by atoms with Crippen LogP contribution >= 0.6 is 11.3 Å². The maximum absolute atomic E-state index is 11.8. The van der Waals surface area contributed by atoms with Crippen molar-refractivity contribution in [2.45, 2.75) is 25.8 Å². The third kappa shape index (κ3) is 4.15. The summed E-state index contributed by atoms with van der Waals surface area (Å²) in [7, 11) is 0. The molecule has 0 fully saturated rings. The zero-order valence-electron chi connectivity index (χ0n) is 11.4. The lowest BCUT2D eigenvalue weighted by Crippen LogP contribution is -2.35. The monoisotopic (exact) mass is 290 g/mol. The van der Waals surface area contributed by atoms with Crippen LogP contribution in [0.2, 0.25) is 0 Å². The molecule has 0 aliphatic rings. The maximum atomic E-state index is 11.8. The molecule has 2 aromatic rings. The Labute approximate surface area is 122 Å². The first-order chi connectivity index (χ1) is 9.69. The van der Waals surface area contributed by atoms with Crippen LogP contribution in [-0.2, 0) is 12.8 Å². The molecule has 1 unspecified atom stereocenters. The topological polar surface area (TPSA) is 62.2 Å². The summed E-state index contributed by atoms with van der Waals surface area (Å²) in [6, 6.07) is 9.96. The van der Waals surface area contributed by atoms with E-state index < -0.39 is 0 Å². The number of hydrogen-bond donors (Lipinski definition) is 2. The van der Waals surface area contributed by atoms with Crippen molar-refractivity contribution in [2.24, 2.45) is 0 Å². The van der Waals surface area contributed by atoms with Gasteiger partial charge in [0.05, 0.1) is 11.6 Å². The number of thiazole rings is 1. The molecular weight excluding hydrogens is 272 g/mol. The Balaban J connectivity index is 1.90. The molecule has 0 aliphatic heterocycles. The SMILES string of the molecule is CC(CO)NC(=O)c1csc(CCc2ccccc2)n1. The molecule has 2 rings (SSSR count). The fourth-order valence-electron chi connectivity index (χ4n) is 1.77. The van der Waals surface area contributed by atoms with Crippen molar-refractivity contribution in [3.05, 3.63) is 52.0 Å². The first-order valence-electron chi connectivity index (χ1n) is 6.59. The van der Waals surface area contributed by atoms with E-state index in [0.29, 0.717) is 5.69 Å². The Bertz CT molecular complexity index is 554. The summed E-state index contributed by atoms with van der Waals surface area (Å²) in [5, 5.41) is 14.3. The molecule has 0 radical (unpaired) electrons. The summed E-state index contributed by atoms with van der Waals surface area (Å²) >= 11 is 1.50. The van der Waals surface area contributed by atoms with Gasteiger partial charge in [0.25, 0.3) is 5.91 Å². The molecule has 1 heterocycles. The van der Waals surface area contributed by atoms with Crippen LogP contribution in [0.1, 0.15) is 28.0 Å². The zero-order chi connectivity index (χ0) is 14.4. The predicted octanol–water partition coefficient (Wildman–Crippen LogP) is 2.04. The standard InChI is InChI=1S/C15H18N2O2S/c1-11(9-18)16-15(19)13-10-20-14(17-13)8-7-12-5-3-2-4-6-12/h2-6,10-11,18H,7-9H2,1H3,(H,16,19). The van der Waals surface area contributed by atoms with Crippen LogP contribution in [-0.4, -0.2) is 28.6 Å². The van der Waals surface area contributed by atoms with Crippen LogP contribution in [0.15, 0.2) is 35.7 Å². The number of amides is 1. The van der Waals surface area contributed by atoms with Crippen LogP contribution in [0.5, 0.6) is 0 Å². The van der Waals surface area contributed by atoms with E-state index >= 15 is 0 Å². The number of benzene rings is 1. The maximum Gasteiger partial charge on any atom is 0.271 e. The summed E-state index contributed by atoms with van der Waals surface area (Å²) in [6.45, 7) is 1.68. The van der Waals surface area contributed by atoms with E-state index in [1.807, 2.05) is 18.2 Å². The Hall–Kier alpha value is -1.72. The van der Waals surface area contributed by atoms with Crippen LogP contribution < -0.4 is 5.32 Å². The number of aliphatic hydroxyl groups excluding tert-OH is 1. The average Bonchev–Trinajstić information content (AvgIpc) is 2.95. The minimum Gasteiger partial charge on any atom is -0.394 e. The molecule has 1 atom stereocenters. The van der Waals surface area contributed by atoms with Gasteiger partial charge in [0.1, 0.15) is 5.69 Å². The van der Waals surface area contributed by atoms with Crippen molar-refractivity contribution in [3.8, 4) is 0 Å². The Morgan fingerprint density at radius 3 is 2.80 bits per heavy atom. The van der Waals surface area contributed by atoms with Gasteiger partial charge in [0.2, 0.25) is 0 Å². The lowest BCUT2D eigenvalue weighted by atomic mass is 10.1. The highest BCUT2D eigenvalue weighted by Gasteiger charge is 2.12. The predicted molar refractivity (Wildman–Crippen MR) is 80.0 cm³/mol. The highest BCUT2D eigenvalue weighted by atomic mass is 32.1. The number of carbonyl (C=O) groups excluding carboxylic acids is 1. The second-order valence-electron chi connectivity index (χ2n) is 4.67. The number of carbonyl (C=O) groups is 1. The van der Waals surface area contributed by atoms with Gasteiger partial charge in [-0.1, -0.05) is 30.3 Å². The molecule has 5 heteroatoms. The molecule has 0 saturated carbocycles. The van der Waals surface area contributed by atoms with E-state index in [1.54, 1.807) is 12.3 Å². The van der Waals surface area contributed by atoms with Gasteiger partial charge in [-0.2, -0.15) is 0 Å². The fraction of sp³-hybridized carbons (Fsp3) is 0.333. The smallest absolute Gasteiger partial charge is 0.271 e. The van der Waals surface area contributed by atoms with E-state index in [9.17, 15) is 4.79 Å². The molecule has 0 aliphatic carbocycles. The second-order valence-corrected chi connectivity index (χ2v) is 5.61. The second kappa shape index (κ2) is 7.17. The molecule has 0 spiro atoms. The molecule has 1 aromatic carbocycles. The van der Waals surface area contributed by atoms with Crippen molar-refractivity contribution < 1.29 is 9.90 Å². The van der Waals surface area contributed by atoms with Crippen molar-refractivity contribution in [1.82, 2.24) is 10.3 Å². The van der Waals surface area contributed by atoms with E-state index in [2.05, 4.69) is 22.4 Å². The lowest BCUT2D eigenvalue weighted by Gasteiger charge is -2.08. The molecule has 0 bridgehead atoms. The van der Waals surface area contributed by atoms with Gasteiger partial charge >= 0.3 is 0 Å². The van der Waals surface area contributed by atoms with Crippen LogP contribution in [0.3, 0.4) is 0 Å². The third-order valence-corrected chi connectivity index (χ3v) is 3.81. The van der Waals surface area contributed by atoms with Gasteiger partial charge in [-0.3, -0.25) is 4.79 Å². The molecule has 2 N–H and O–H groups in total. The fourth-order valence-corrected chi connectivity index (χ4v) is 2.55. The highest BCUT2D eigenvalue weighted by Crippen LogP contribution is 2.13. The number of aliphatic hydroxyl groups is 1. The summed E-state index contributed by atoms with van der Waals surface area (Å²) in [5.74, 6) is -0.228. The quantitative estimate of drug-likeness (QED) is 0.856. The van der Waals surface area contributed by atoms with E-state index in [4.69, 9.17) is 5.11 Å². The highest BCUT2D eigenvalue weighted by molar-refractivity contribution is 7.09. The number of nitrogens with zero attached hydrogens (tertiary/aromatic N) is 1. The number of hydrogen-bond acceptors (Lipinski definition) is 4. The Morgan fingerprint density at radius 2 is 2.10 bits per heavy atom. The summed E-state index contributed by atoms with van der Waals surface area (Å²) in [6.07, 6.45) is 1.75. The number of aryl methyl sites for hydroxylation is 2. The van der Waals surface area contributed by atoms with Gasteiger partial charge in [0, 0.05) is 17.8 Å². The largest absolute Gasteiger partial charge is 0.394 e. The summed E-state index contributed by atoms with van der Waals surface area (Å²) in [4.78, 5) is 16.2. The lowest BCUT2D eigenvalue weighted by molar-refractivity contribution is 0.0918. The van der Waals surface area contributed by atoms with E-state index in [1.165, 1.54) is 16.9 Å². The third-order valence-electron chi connectivity index (χ3n) is 2.91. The van der Waals surface area contributed by atoms with Crippen molar-refractivity contribution in [3.63, 3.8) is 0 Å². The average molecular weight is 290 g/mol. The molecule has 0 saturated heterocycles. The number of rotatable bonds is 6. The molecular formula is C15H18N2O2S. The minimum absolute atomic E-state index is 0.0727. The first-order valence-corrected chi connectivity index (χ1v) is 7.47. The van der Waals surface area contributed by atoms with Crippen LogP contribution in [0.4, 0.5) is 0 Å². The zero-order valence-corrected chi connectivity index (χ0v) is 12.2. The van der Waals surface area contributed by atoms with Crippen LogP contribution in [0, 0.1) is 0 Å². The molecule has 1 amide bonds. The van der Waals surface area contributed by atoms with Crippen molar-refractivity contribution in [2.75, 3.05) is 6.61 Å². The summed E-state index contributed by atoms with van der Waals surface area (Å²) in [5.41, 5.74) is 1.70. The molecule has 1 aromatic heterocycles.